The summed E-state index contributed by atoms with van der Waals surface area (Å²) < 4.78 is 0. The summed E-state index contributed by atoms with van der Waals surface area (Å²) in [5, 5.41) is 11.0. The van der Waals surface area contributed by atoms with E-state index in [0.717, 1.165) is 19.3 Å². The number of carbonyl (C=O) groups excluding carboxylic acids is 2. The number of hydrogen-bond donors (Lipinski definition) is 4. The molecule has 1 aliphatic rings. The summed E-state index contributed by atoms with van der Waals surface area (Å²) in [5.74, 6) is -2.51. The Hall–Kier alpha value is -1.63. The Morgan fingerprint density at radius 1 is 1.35 bits per heavy atom. The number of carbonyl (C=O) groups is 3. The summed E-state index contributed by atoms with van der Waals surface area (Å²) in [4.78, 5) is 32.9. The highest BCUT2D eigenvalue weighted by molar-refractivity contribution is 5.88. The van der Waals surface area contributed by atoms with E-state index >= 15 is 0 Å². The molecule has 0 aromatic heterocycles. The van der Waals surface area contributed by atoms with E-state index in [9.17, 15) is 14.4 Å². The summed E-state index contributed by atoms with van der Waals surface area (Å²) in [7, 11) is 0. The fourth-order valence-electron chi connectivity index (χ4n) is 1.77. The second kappa shape index (κ2) is 5.13. The molecule has 7 heteroatoms. The molecule has 96 valence electrons. The SMILES string of the molecule is NC(=O)CC(NC(=O)CC1(N)CCC1)C(=O)O. The average molecular weight is 243 g/mol. The number of hydrogen-bond acceptors (Lipinski definition) is 4. The van der Waals surface area contributed by atoms with Gasteiger partial charge in [-0.3, -0.25) is 9.59 Å². The largest absolute Gasteiger partial charge is 0.480 e. The predicted molar refractivity (Wildman–Crippen MR) is 58.8 cm³/mol. The summed E-state index contributed by atoms with van der Waals surface area (Å²) in [6.45, 7) is 0. The Kier molecular flexibility index (Phi) is 4.06. The summed E-state index contributed by atoms with van der Waals surface area (Å²) >= 11 is 0. The lowest BCUT2D eigenvalue weighted by molar-refractivity contribution is -0.143. The topological polar surface area (TPSA) is 136 Å². The van der Waals surface area contributed by atoms with Crippen molar-refractivity contribution in [1.82, 2.24) is 5.32 Å². The van der Waals surface area contributed by atoms with E-state index < -0.39 is 35.8 Å². The van der Waals surface area contributed by atoms with Crippen LogP contribution < -0.4 is 16.8 Å². The van der Waals surface area contributed by atoms with Crippen molar-refractivity contribution in [2.45, 2.75) is 43.7 Å². The maximum atomic E-state index is 11.5. The molecule has 0 heterocycles. The molecule has 0 aliphatic heterocycles. The number of aliphatic carboxylic acids is 1. The number of carboxylic acids is 1. The van der Waals surface area contributed by atoms with Crippen LogP contribution >= 0.6 is 0 Å². The molecule has 0 aromatic carbocycles. The van der Waals surface area contributed by atoms with Crippen molar-refractivity contribution in [3.8, 4) is 0 Å². The normalized spacial score (nSPS) is 18.9. The van der Waals surface area contributed by atoms with Crippen LogP contribution in [-0.2, 0) is 14.4 Å². The lowest BCUT2D eigenvalue weighted by atomic mass is 9.75. The lowest BCUT2D eigenvalue weighted by Gasteiger charge is -2.37. The van der Waals surface area contributed by atoms with Crippen molar-refractivity contribution in [2.24, 2.45) is 11.5 Å². The van der Waals surface area contributed by atoms with Gasteiger partial charge in [-0.2, -0.15) is 0 Å². The zero-order valence-electron chi connectivity index (χ0n) is 9.44. The van der Waals surface area contributed by atoms with E-state index in [1.54, 1.807) is 0 Å². The number of rotatable bonds is 6. The molecule has 1 atom stereocenters. The van der Waals surface area contributed by atoms with Crippen LogP contribution in [0.5, 0.6) is 0 Å². The van der Waals surface area contributed by atoms with Crippen LogP contribution in [0.2, 0.25) is 0 Å². The van der Waals surface area contributed by atoms with Gasteiger partial charge >= 0.3 is 5.97 Å². The molecule has 1 unspecified atom stereocenters. The Morgan fingerprint density at radius 2 is 1.94 bits per heavy atom. The molecule has 1 rings (SSSR count). The van der Waals surface area contributed by atoms with E-state index in [4.69, 9.17) is 16.6 Å². The Balaban J connectivity index is 2.46. The van der Waals surface area contributed by atoms with Crippen molar-refractivity contribution in [1.29, 1.82) is 0 Å². The molecule has 1 fully saturated rings. The number of amides is 2. The molecule has 1 saturated carbocycles. The molecule has 6 N–H and O–H groups in total. The lowest BCUT2D eigenvalue weighted by Crippen LogP contribution is -2.52. The van der Waals surface area contributed by atoms with Gasteiger partial charge in [-0.25, -0.2) is 4.79 Å². The number of carboxylic acid groups (broad SMARTS) is 1. The summed E-state index contributed by atoms with van der Waals surface area (Å²) in [6, 6.07) is -1.27. The van der Waals surface area contributed by atoms with Crippen LogP contribution in [0.4, 0.5) is 0 Å². The molecule has 0 bridgehead atoms. The minimum absolute atomic E-state index is 0.0789. The average Bonchev–Trinajstić information content (AvgIpc) is 2.13. The van der Waals surface area contributed by atoms with Crippen molar-refractivity contribution in [2.75, 3.05) is 0 Å². The van der Waals surface area contributed by atoms with Gasteiger partial charge in [0.05, 0.1) is 6.42 Å². The first kappa shape index (κ1) is 13.4. The fraction of sp³-hybridized carbons (Fsp3) is 0.700. The van der Waals surface area contributed by atoms with Gasteiger partial charge in [-0.1, -0.05) is 0 Å². The highest BCUT2D eigenvalue weighted by Gasteiger charge is 2.35. The monoisotopic (exact) mass is 243 g/mol. The van der Waals surface area contributed by atoms with Crippen LogP contribution in [-0.4, -0.2) is 34.5 Å². The van der Waals surface area contributed by atoms with Crippen molar-refractivity contribution >= 4 is 17.8 Å². The zero-order valence-corrected chi connectivity index (χ0v) is 9.44. The van der Waals surface area contributed by atoms with Gasteiger partial charge in [0, 0.05) is 12.0 Å². The Labute approximate surface area is 98.5 Å². The highest BCUT2D eigenvalue weighted by atomic mass is 16.4. The minimum Gasteiger partial charge on any atom is -0.480 e. The third-order valence-electron chi connectivity index (χ3n) is 2.90. The van der Waals surface area contributed by atoms with E-state index in [2.05, 4.69) is 5.32 Å². The maximum Gasteiger partial charge on any atom is 0.326 e. The van der Waals surface area contributed by atoms with Gasteiger partial charge in [-0.15, -0.1) is 0 Å². The van der Waals surface area contributed by atoms with Crippen molar-refractivity contribution < 1.29 is 19.5 Å². The quantitative estimate of drug-likeness (QED) is 0.460. The third-order valence-corrected chi connectivity index (χ3v) is 2.90. The molecule has 2 amide bonds. The van der Waals surface area contributed by atoms with Gasteiger partial charge in [0.2, 0.25) is 11.8 Å². The van der Waals surface area contributed by atoms with Crippen LogP contribution in [0.25, 0.3) is 0 Å². The predicted octanol–water partition coefficient (Wildman–Crippen LogP) is -1.30. The maximum absolute atomic E-state index is 11.5. The number of nitrogens with one attached hydrogen (secondary N) is 1. The van der Waals surface area contributed by atoms with E-state index in [1.807, 2.05) is 0 Å². The van der Waals surface area contributed by atoms with Gasteiger partial charge in [0.1, 0.15) is 6.04 Å². The molecule has 0 aromatic rings. The van der Waals surface area contributed by atoms with E-state index in [1.165, 1.54) is 0 Å². The molecule has 0 radical (unpaired) electrons. The summed E-state index contributed by atoms with van der Waals surface area (Å²) in [6.07, 6.45) is 2.16. The zero-order chi connectivity index (χ0) is 13.1. The van der Waals surface area contributed by atoms with E-state index in [0.29, 0.717) is 0 Å². The second-order valence-electron chi connectivity index (χ2n) is 4.52. The third kappa shape index (κ3) is 4.03. The minimum atomic E-state index is -1.28. The molecule has 1 aliphatic carbocycles. The van der Waals surface area contributed by atoms with Crippen molar-refractivity contribution in [3.05, 3.63) is 0 Å². The van der Waals surface area contributed by atoms with E-state index in [-0.39, 0.29) is 6.42 Å². The first-order valence-corrected chi connectivity index (χ1v) is 5.42. The second-order valence-corrected chi connectivity index (χ2v) is 4.52. The smallest absolute Gasteiger partial charge is 0.326 e. The highest BCUT2D eigenvalue weighted by Crippen LogP contribution is 2.31. The Morgan fingerprint density at radius 3 is 2.29 bits per heavy atom. The van der Waals surface area contributed by atoms with Gasteiger partial charge in [0.15, 0.2) is 0 Å². The standard InChI is InChI=1S/C10H17N3O4/c11-7(14)4-6(9(16)17)13-8(15)5-10(12)2-1-3-10/h6H,1-5,12H2,(H2,11,14)(H,13,15)(H,16,17). The first-order valence-electron chi connectivity index (χ1n) is 5.42. The molecular formula is C10H17N3O4. The van der Waals surface area contributed by atoms with Gasteiger partial charge < -0.3 is 21.9 Å². The molecule has 0 saturated heterocycles. The fourth-order valence-corrected chi connectivity index (χ4v) is 1.77. The molecule has 0 spiro atoms. The number of primary amides is 1. The van der Waals surface area contributed by atoms with Gasteiger partial charge in [0.25, 0.3) is 0 Å². The van der Waals surface area contributed by atoms with Gasteiger partial charge in [-0.05, 0) is 19.3 Å². The van der Waals surface area contributed by atoms with Crippen LogP contribution in [0.15, 0.2) is 0 Å². The van der Waals surface area contributed by atoms with Crippen LogP contribution in [0, 0.1) is 0 Å². The summed E-state index contributed by atoms with van der Waals surface area (Å²) in [5.41, 5.74) is 10.2. The molecular weight excluding hydrogens is 226 g/mol. The molecule has 17 heavy (non-hydrogen) atoms. The van der Waals surface area contributed by atoms with Crippen LogP contribution in [0.1, 0.15) is 32.1 Å². The number of nitrogens with two attached hydrogens (primary N) is 2. The first-order chi connectivity index (χ1) is 7.82. The Bertz CT molecular complexity index is 338. The van der Waals surface area contributed by atoms with Crippen LogP contribution in [0.3, 0.4) is 0 Å². The van der Waals surface area contributed by atoms with Crippen molar-refractivity contribution in [3.63, 3.8) is 0 Å². The molecule has 7 nitrogen and oxygen atoms in total.